The fourth-order valence-corrected chi connectivity index (χ4v) is 4.75. The average molecular weight is 451 g/mol. The van der Waals surface area contributed by atoms with Crippen molar-refractivity contribution in [3.8, 4) is 0 Å². The molecule has 3 aromatic rings. The van der Waals surface area contributed by atoms with E-state index in [1.807, 2.05) is 0 Å². The third kappa shape index (κ3) is 4.71. The maximum atomic E-state index is 12.9. The molecule has 0 saturated heterocycles. The Balaban J connectivity index is 1.86. The standard InChI is InChI=1S/C20H19ClN2O6S/c21-15-5-7-17(8-6-15)30(28,29)23(12-20(26)27)11-16(25)10-22-9-14(13-24)18-3-1-2-4-19(18)22/h1-9,13,16,25H,10-12H2,(H,26,27). The van der Waals surface area contributed by atoms with Crippen molar-refractivity contribution in [2.45, 2.75) is 17.5 Å². The highest BCUT2D eigenvalue weighted by atomic mass is 35.5. The molecule has 10 heteroatoms. The summed E-state index contributed by atoms with van der Waals surface area (Å²) in [5, 5.41) is 20.8. The number of carbonyl (C=O) groups excluding carboxylic acids is 1. The molecule has 0 amide bonds. The average Bonchev–Trinajstić information content (AvgIpc) is 3.05. The lowest BCUT2D eigenvalue weighted by molar-refractivity contribution is -0.137. The predicted molar refractivity (Wildman–Crippen MR) is 111 cm³/mol. The molecule has 158 valence electrons. The normalized spacial score (nSPS) is 12.9. The molecule has 2 aromatic carbocycles. The van der Waals surface area contributed by atoms with Crippen LogP contribution in [0.2, 0.25) is 5.02 Å². The van der Waals surface area contributed by atoms with Crippen LogP contribution in [0.4, 0.5) is 0 Å². The number of aldehydes is 1. The lowest BCUT2D eigenvalue weighted by Gasteiger charge is -2.23. The van der Waals surface area contributed by atoms with Gasteiger partial charge in [-0.15, -0.1) is 0 Å². The fraction of sp³-hybridized carbons (Fsp3) is 0.200. The van der Waals surface area contributed by atoms with E-state index in [1.165, 1.54) is 24.3 Å². The molecule has 0 saturated carbocycles. The van der Waals surface area contributed by atoms with Crippen LogP contribution in [0.1, 0.15) is 10.4 Å². The van der Waals surface area contributed by atoms with Crippen LogP contribution in [0, 0.1) is 0 Å². The summed E-state index contributed by atoms with van der Waals surface area (Å²) in [7, 11) is -4.17. The van der Waals surface area contributed by atoms with E-state index in [4.69, 9.17) is 16.7 Å². The minimum Gasteiger partial charge on any atom is -0.480 e. The number of aliphatic carboxylic acids is 1. The molecule has 0 spiro atoms. The molecule has 2 N–H and O–H groups in total. The molecule has 1 aromatic heterocycles. The van der Waals surface area contributed by atoms with Gasteiger partial charge in [-0.2, -0.15) is 4.31 Å². The molecule has 3 rings (SSSR count). The smallest absolute Gasteiger partial charge is 0.318 e. The number of para-hydroxylation sites is 1. The number of carboxylic acid groups (broad SMARTS) is 1. The Labute approximate surface area is 178 Å². The quantitative estimate of drug-likeness (QED) is 0.483. The molecule has 8 nitrogen and oxygen atoms in total. The molecule has 1 atom stereocenters. The monoisotopic (exact) mass is 450 g/mol. The molecule has 1 unspecified atom stereocenters. The van der Waals surface area contributed by atoms with Crippen molar-refractivity contribution in [2.24, 2.45) is 0 Å². The van der Waals surface area contributed by atoms with Crippen LogP contribution in [0.15, 0.2) is 59.6 Å². The first kappa shape index (κ1) is 22.0. The lowest BCUT2D eigenvalue weighted by atomic mass is 10.2. The fourth-order valence-electron chi connectivity index (χ4n) is 3.19. The summed E-state index contributed by atoms with van der Waals surface area (Å²) in [5.41, 5.74) is 1.14. The Kier molecular flexibility index (Phi) is 6.57. The van der Waals surface area contributed by atoms with Crippen molar-refractivity contribution < 1.29 is 28.2 Å². The summed E-state index contributed by atoms with van der Waals surface area (Å²) in [4.78, 5) is 22.4. The summed E-state index contributed by atoms with van der Waals surface area (Å²) in [6.45, 7) is -1.28. The van der Waals surface area contributed by atoms with Crippen molar-refractivity contribution in [1.29, 1.82) is 0 Å². The van der Waals surface area contributed by atoms with E-state index in [0.29, 0.717) is 32.1 Å². The second kappa shape index (κ2) is 8.97. The van der Waals surface area contributed by atoms with E-state index in [1.54, 1.807) is 35.0 Å². The number of aliphatic hydroxyl groups excluding tert-OH is 1. The van der Waals surface area contributed by atoms with Crippen LogP contribution >= 0.6 is 11.6 Å². The number of sulfonamides is 1. The molecule has 1 heterocycles. The van der Waals surface area contributed by atoms with Crippen LogP contribution in [0.25, 0.3) is 10.9 Å². The van der Waals surface area contributed by atoms with Gasteiger partial charge in [-0.25, -0.2) is 8.42 Å². The van der Waals surface area contributed by atoms with Crippen molar-refractivity contribution in [2.75, 3.05) is 13.1 Å². The molecule has 0 bridgehead atoms. The van der Waals surface area contributed by atoms with E-state index in [-0.39, 0.29) is 11.4 Å². The Hall–Kier alpha value is -2.72. The first-order valence-corrected chi connectivity index (χ1v) is 10.7. The van der Waals surface area contributed by atoms with Gasteiger partial charge in [0.05, 0.1) is 11.0 Å². The van der Waals surface area contributed by atoms with Crippen LogP contribution < -0.4 is 0 Å². The number of carbonyl (C=O) groups is 2. The second-order valence-corrected chi connectivity index (χ2v) is 9.05. The van der Waals surface area contributed by atoms with E-state index >= 15 is 0 Å². The third-order valence-electron chi connectivity index (χ3n) is 4.53. The molecule has 0 radical (unpaired) electrons. The number of benzene rings is 2. The zero-order valence-corrected chi connectivity index (χ0v) is 17.3. The van der Waals surface area contributed by atoms with Crippen LogP contribution in [0.5, 0.6) is 0 Å². The maximum Gasteiger partial charge on any atom is 0.318 e. The predicted octanol–water partition coefficient (Wildman–Crippen LogP) is 2.24. The Morgan fingerprint density at radius 1 is 1.17 bits per heavy atom. The van der Waals surface area contributed by atoms with E-state index in [9.17, 15) is 23.1 Å². The molecule has 0 aliphatic heterocycles. The number of hydrogen-bond donors (Lipinski definition) is 2. The summed E-state index contributed by atoms with van der Waals surface area (Å²) in [5.74, 6) is -1.35. The number of nitrogens with zero attached hydrogens (tertiary/aromatic N) is 2. The molecular formula is C20H19ClN2O6S. The van der Waals surface area contributed by atoms with E-state index in [2.05, 4.69) is 0 Å². The van der Waals surface area contributed by atoms with Gasteiger partial charge < -0.3 is 14.8 Å². The van der Waals surface area contributed by atoms with Crippen molar-refractivity contribution >= 4 is 44.8 Å². The van der Waals surface area contributed by atoms with Crippen molar-refractivity contribution in [3.63, 3.8) is 0 Å². The summed E-state index contributed by atoms with van der Waals surface area (Å²) < 4.78 is 28.1. The van der Waals surface area contributed by atoms with Gasteiger partial charge in [0.2, 0.25) is 10.0 Å². The highest BCUT2D eigenvalue weighted by molar-refractivity contribution is 7.89. The van der Waals surface area contributed by atoms with E-state index in [0.717, 1.165) is 0 Å². The van der Waals surface area contributed by atoms with Gasteiger partial charge in [0.1, 0.15) is 6.54 Å². The number of aliphatic hydroxyl groups is 1. The van der Waals surface area contributed by atoms with Gasteiger partial charge in [0, 0.05) is 40.8 Å². The number of fused-ring (bicyclic) bond motifs is 1. The molecule has 0 aliphatic rings. The SMILES string of the molecule is O=Cc1cn(CC(O)CN(CC(=O)O)S(=O)(=O)c2ccc(Cl)cc2)c2ccccc12. The van der Waals surface area contributed by atoms with Crippen LogP contribution in [-0.4, -0.2) is 59.0 Å². The van der Waals surface area contributed by atoms with Gasteiger partial charge >= 0.3 is 5.97 Å². The first-order valence-electron chi connectivity index (χ1n) is 8.91. The van der Waals surface area contributed by atoms with Gasteiger partial charge in [0.25, 0.3) is 0 Å². The second-order valence-electron chi connectivity index (χ2n) is 6.67. The summed E-state index contributed by atoms with van der Waals surface area (Å²) in [6.07, 6.45) is 1.05. The summed E-state index contributed by atoms with van der Waals surface area (Å²) >= 11 is 5.79. The first-order chi connectivity index (χ1) is 14.2. The van der Waals surface area contributed by atoms with Gasteiger partial charge in [0.15, 0.2) is 6.29 Å². The Bertz CT molecular complexity index is 1170. The minimum atomic E-state index is -4.17. The third-order valence-corrected chi connectivity index (χ3v) is 6.61. The van der Waals surface area contributed by atoms with Crippen LogP contribution in [0.3, 0.4) is 0 Å². The van der Waals surface area contributed by atoms with E-state index < -0.39 is 35.2 Å². The number of halogens is 1. The van der Waals surface area contributed by atoms with Crippen molar-refractivity contribution in [1.82, 2.24) is 8.87 Å². The topological polar surface area (TPSA) is 117 Å². The summed E-state index contributed by atoms with van der Waals surface area (Å²) in [6, 6.07) is 12.4. The maximum absolute atomic E-state index is 12.9. The zero-order valence-electron chi connectivity index (χ0n) is 15.7. The zero-order chi connectivity index (χ0) is 21.9. The largest absolute Gasteiger partial charge is 0.480 e. The highest BCUT2D eigenvalue weighted by Gasteiger charge is 2.29. The molecule has 30 heavy (non-hydrogen) atoms. The molecule has 0 aliphatic carbocycles. The van der Waals surface area contributed by atoms with Crippen molar-refractivity contribution in [3.05, 3.63) is 65.3 Å². The Morgan fingerprint density at radius 2 is 1.83 bits per heavy atom. The number of carboxylic acids is 1. The van der Waals surface area contributed by atoms with Gasteiger partial charge in [-0.1, -0.05) is 29.8 Å². The number of rotatable bonds is 9. The minimum absolute atomic E-state index is 0.0272. The number of hydrogen-bond acceptors (Lipinski definition) is 5. The van der Waals surface area contributed by atoms with Gasteiger partial charge in [-0.3, -0.25) is 9.59 Å². The van der Waals surface area contributed by atoms with Gasteiger partial charge in [-0.05, 0) is 30.3 Å². The van der Waals surface area contributed by atoms with Crippen LogP contribution in [-0.2, 0) is 21.4 Å². The molecule has 0 fully saturated rings. The number of aromatic nitrogens is 1. The molecular weight excluding hydrogens is 432 g/mol. The Morgan fingerprint density at radius 3 is 2.47 bits per heavy atom. The lowest BCUT2D eigenvalue weighted by Crippen LogP contribution is -2.41. The highest BCUT2D eigenvalue weighted by Crippen LogP contribution is 2.22.